The van der Waals surface area contributed by atoms with Gasteiger partial charge >= 0.3 is 23.9 Å². The van der Waals surface area contributed by atoms with Crippen molar-refractivity contribution in [2.24, 2.45) is 0 Å². The van der Waals surface area contributed by atoms with Crippen molar-refractivity contribution in [3.63, 3.8) is 0 Å². The van der Waals surface area contributed by atoms with E-state index in [1.165, 1.54) is 24.3 Å². The molecule has 1 fully saturated rings. The summed E-state index contributed by atoms with van der Waals surface area (Å²) in [5.41, 5.74) is 0.616. The molecular weight excluding hydrogens is 508 g/mol. The third-order valence-corrected chi connectivity index (χ3v) is 5.79. The van der Waals surface area contributed by atoms with Crippen molar-refractivity contribution in [3.8, 4) is 0 Å². The number of benzene rings is 3. The molecule has 1 saturated heterocycles. The van der Waals surface area contributed by atoms with Gasteiger partial charge in [0.15, 0.2) is 12.2 Å². The van der Waals surface area contributed by atoms with E-state index in [4.69, 9.17) is 23.7 Å². The van der Waals surface area contributed by atoms with Crippen LogP contribution in [0.3, 0.4) is 0 Å². The zero-order valence-electron chi connectivity index (χ0n) is 20.9. The lowest BCUT2D eigenvalue weighted by molar-refractivity contribution is -0.290. The predicted molar refractivity (Wildman–Crippen MR) is 134 cm³/mol. The summed E-state index contributed by atoms with van der Waals surface area (Å²) in [7, 11) is 0. The second-order valence-electron chi connectivity index (χ2n) is 8.58. The van der Waals surface area contributed by atoms with Crippen LogP contribution in [0.1, 0.15) is 38.0 Å². The molecule has 202 valence electrons. The highest BCUT2D eigenvalue weighted by Crippen LogP contribution is 2.29. The topological polar surface area (TPSA) is 135 Å². The van der Waals surface area contributed by atoms with Gasteiger partial charge in [-0.1, -0.05) is 54.6 Å². The Morgan fingerprint density at radius 1 is 0.667 bits per heavy atom. The lowest BCUT2D eigenvalue weighted by atomic mass is 9.98. The molecule has 0 saturated carbocycles. The Balaban J connectivity index is 1.59. The van der Waals surface area contributed by atoms with Crippen molar-refractivity contribution < 1.29 is 48.0 Å². The van der Waals surface area contributed by atoms with Gasteiger partial charge in [-0.05, 0) is 36.4 Å². The van der Waals surface area contributed by atoms with Crippen molar-refractivity contribution in [2.45, 2.75) is 37.6 Å². The van der Waals surface area contributed by atoms with E-state index in [-0.39, 0.29) is 16.7 Å². The van der Waals surface area contributed by atoms with Crippen LogP contribution in [0.5, 0.6) is 0 Å². The highest BCUT2D eigenvalue weighted by molar-refractivity contribution is 5.90. The van der Waals surface area contributed by atoms with Crippen molar-refractivity contribution in [1.82, 2.24) is 0 Å². The highest BCUT2D eigenvalue weighted by atomic mass is 16.7. The van der Waals surface area contributed by atoms with Gasteiger partial charge in [-0.25, -0.2) is 14.4 Å². The molecule has 0 aromatic heterocycles. The van der Waals surface area contributed by atoms with Gasteiger partial charge in [-0.2, -0.15) is 0 Å². The second kappa shape index (κ2) is 12.8. The molecular formula is C29H26O10. The quantitative estimate of drug-likeness (QED) is 0.339. The first-order valence-electron chi connectivity index (χ1n) is 12.1. The molecule has 0 spiro atoms. The van der Waals surface area contributed by atoms with E-state index in [1.807, 2.05) is 0 Å². The smallest absolute Gasteiger partial charge is 0.338 e. The summed E-state index contributed by atoms with van der Waals surface area (Å²) in [6.45, 7) is 0.631. The maximum absolute atomic E-state index is 12.9. The Kier molecular flexibility index (Phi) is 9.03. The van der Waals surface area contributed by atoms with E-state index in [9.17, 15) is 24.3 Å². The summed E-state index contributed by atoms with van der Waals surface area (Å²) in [5.74, 6) is -3.11. The van der Waals surface area contributed by atoms with Crippen LogP contribution in [0.25, 0.3) is 0 Å². The molecule has 1 aliphatic heterocycles. The molecule has 10 nitrogen and oxygen atoms in total. The molecule has 0 radical (unpaired) electrons. The van der Waals surface area contributed by atoms with E-state index in [1.54, 1.807) is 66.7 Å². The number of rotatable bonds is 8. The van der Waals surface area contributed by atoms with Gasteiger partial charge in [0.1, 0.15) is 18.8 Å². The van der Waals surface area contributed by atoms with E-state index >= 15 is 0 Å². The van der Waals surface area contributed by atoms with Crippen molar-refractivity contribution in [3.05, 3.63) is 108 Å². The number of esters is 4. The molecule has 5 atom stereocenters. The van der Waals surface area contributed by atoms with Gasteiger partial charge in [0.05, 0.1) is 16.7 Å². The van der Waals surface area contributed by atoms with Gasteiger partial charge in [0.25, 0.3) is 0 Å². The normalized spacial score (nSPS) is 22.3. The Morgan fingerprint density at radius 3 is 1.56 bits per heavy atom. The predicted octanol–water partition coefficient (Wildman–Crippen LogP) is 2.94. The minimum Gasteiger partial charge on any atom is -0.459 e. The molecule has 1 heterocycles. The minimum absolute atomic E-state index is 0.169. The molecule has 39 heavy (non-hydrogen) atoms. The largest absolute Gasteiger partial charge is 0.459 e. The molecule has 1 aliphatic rings. The molecule has 10 heteroatoms. The van der Waals surface area contributed by atoms with Gasteiger partial charge < -0.3 is 28.8 Å². The molecule has 1 N–H and O–H groups in total. The summed E-state index contributed by atoms with van der Waals surface area (Å²) in [5, 5.41) is 11.3. The first kappa shape index (κ1) is 27.5. The SMILES string of the molecule is CC(=O)O[C@@H]1O[C@H](COC(=O)c2ccccc2)[C@H](OC(=O)c2ccccc2)[C@H](O)[C@H]1OC(=O)c1ccccc1. The summed E-state index contributed by atoms with van der Waals surface area (Å²) < 4.78 is 27.4. The Hall–Kier alpha value is -4.54. The molecule has 0 unspecified atom stereocenters. The van der Waals surface area contributed by atoms with Crippen LogP contribution in [0.4, 0.5) is 0 Å². The van der Waals surface area contributed by atoms with Gasteiger partial charge in [-0.3, -0.25) is 4.79 Å². The van der Waals surface area contributed by atoms with Crippen LogP contribution in [-0.2, 0) is 28.5 Å². The van der Waals surface area contributed by atoms with E-state index in [2.05, 4.69) is 0 Å². The monoisotopic (exact) mass is 534 g/mol. The third kappa shape index (κ3) is 7.07. The molecule has 0 bridgehead atoms. The van der Waals surface area contributed by atoms with Crippen molar-refractivity contribution in [1.29, 1.82) is 0 Å². The first-order chi connectivity index (χ1) is 18.8. The Morgan fingerprint density at radius 2 is 1.10 bits per heavy atom. The number of aliphatic hydroxyl groups is 1. The first-order valence-corrected chi connectivity index (χ1v) is 12.1. The second-order valence-corrected chi connectivity index (χ2v) is 8.58. The number of carbonyl (C=O) groups excluding carboxylic acids is 4. The average Bonchev–Trinajstić information content (AvgIpc) is 2.96. The Bertz CT molecular complexity index is 1280. The Labute approximate surface area is 224 Å². The molecule has 0 aliphatic carbocycles. The maximum atomic E-state index is 12.9. The van der Waals surface area contributed by atoms with Crippen LogP contribution in [0.2, 0.25) is 0 Å². The van der Waals surface area contributed by atoms with Crippen molar-refractivity contribution in [2.75, 3.05) is 6.61 Å². The van der Waals surface area contributed by atoms with Crippen LogP contribution in [-0.4, -0.2) is 66.3 Å². The van der Waals surface area contributed by atoms with Crippen LogP contribution in [0.15, 0.2) is 91.0 Å². The van der Waals surface area contributed by atoms with Crippen LogP contribution in [0, 0.1) is 0 Å². The fourth-order valence-electron chi connectivity index (χ4n) is 3.91. The van der Waals surface area contributed by atoms with Crippen LogP contribution >= 0.6 is 0 Å². The zero-order chi connectivity index (χ0) is 27.8. The number of carbonyl (C=O) groups is 4. The maximum Gasteiger partial charge on any atom is 0.338 e. The van der Waals surface area contributed by atoms with E-state index in [0.29, 0.717) is 0 Å². The molecule has 4 rings (SSSR count). The van der Waals surface area contributed by atoms with Gasteiger partial charge in [-0.15, -0.1) is 0 Å². The summed E-state index contributed by atoms with van der Waals surface area (Å²) in [6.07, 6.45) is -7.63. The zero-order valence-corrected chi connectivity index (χ0v) is 20.9. The van der Waals surface area contributed by atoms with E-state index in [0.717, 1.165) is 6.92 Å². The summed E-state index contributed by atoms with van der Waals surface area (Å²) >= 11 is 0. The number of aliphatic hydroxyl groups excluding tert-OH is 1. The number of hydrogen-bond acceptors (Lipinski definition) is 10. The van der Waals surface area contributed by atoms with Crippen molar-refractivity contribution >= 4 is 23.9 Å². The molecule has 3 aromatic carbocycles. The number of hydrogen-bond donors (Lipinski definition) is 1. The fourth-order valence-corrected chi connectivity index (χ4v) is 3.91. The highest BCUT2D eigenvalue weighted by Gasteiger charge is 2.51. The van der Waals surface area contributed by atoms with Gasteiger partial charge in [0, 0.05) is 6.92 Å². The molecule has 3 aromatic rings. The standard InChI is InChI=1S/C29H26O10/c1-18(30)36-29-25(39-28(34)21-15-9-4-10-16-21)23(31)24(38-27(33)20-13-7-3-8-14-20)22(37-29)17-35-26(32)19-11-5-2-6-12-19/h2-16,22-25,29,31H,17H2,1H3/t22-,23+,24+,25-,29-/m1/s1. The lowest BCUT2D eigenvalue weighted by Gasteiger charge is -2.42. The summed E-state index contributed by atoms with van der Waals surface area (Å²) in [6, 6.07) is 24.1. The van der Waals surface area contributed by atoms with Crippen LogP contribution < -0.4 is 0 Å². The fraction of sp³-hybridized carbons (Fsp3) is 0.241. The minimum atomic E-state index is -1.72. The third-order valence-electron chi connectivity index (χ3n) is 5.79. The number of ether oxygens (including phenoxy) is 5. The lowest BCUT2D eigenvalue weighted by Crippen LogP contribution is -2.62. The summed E-state index contributed by atoms with van der Waals surface area (Å²) in [4.78, 5) is 50.0. The van der Waals surface area contributed by atoms with E-state index < -0.39 is 61.2 Å². The molecule has 0 amide bonds. The van der Waals surface area contributed by atoms with Gasteiger partial charge in [0.2, 0.25) is 6.29 Å². The average molecular weight is 535 g/mol.